The molecule has 108 valence electrons. The summed E-state index contributed by atoms with van der Waals surface area (Å²) in [4.78, 5) is 15.2. The lowest BCUT2D eigenvalue weighted by atomic mass is 9.84. The van der Waals surface area contributed by atoms with Crippen LogP contribution in [-0.4, -0.2) is 15.5 Å². The number of carbonyl (C=O) groups excluding carboxylic acids is 1. The summed E-state index contributed by atoms with van der Waals surface area (Å²) in [7, 11) is 0. The van der Waals surface area contributed by atoms with Gasteiger partial charge in [0, 0.05) is 11.6 Å². The summed E-state index contributed by atoms with van der Waals surface area (Å²) in [5, 5.41) is 20.9. The second kappa shape index (κ2) is 5.57. The fraction of sp³-hybridized carbons (Fsp3) is 0.438. The number of nitriles is 1. The molecule has 1 aliphatic carbocycles. The molecule has 0 amide bonds. The summed E-state index contributed by atoms with van der Waals surface area (Å²) in [5.41, 5.74) is 2.03. The molecule has 0 radical (unpaired) electrons. The Labute approximate surface area is 122 Å². The van der Waals surface area contributed by atoms with E-state index < -0.39 is 5.97 Å². The number of rotatable bonds is 3. The largest absolute Gasteiger partial charge is 0.548 e. The first-order valence-electron chi connectivity index (χ1n) is 7.29. The van der Waals surface area contributed by atoms with Crippen molar-refractivity contribution in [1.29, 1.82) is 5.26 Å². The van der Waals surface area contributed by atoms with Crippen LogP contribution >= 0.6 is 0 Å². The van der Waals surface area contributed by atoms with Crippen LogP contribution < -0.4 is 5.11 Å². The number of aliphatic carboxylic acids is 1. The van der Waals surface area contributed by atoms with Crippen molar-refractivity contribution in [2.45, 2.75) is 44.6 Å². The van der Waals surface area contributed by atoms with Crippen LogP contribution in [-0.2, 0) is 11.3 Å². The third kappa shape index (κ3) is 2.62. The zero-order chi connectivity index (χ0) is 14.8. The number of carboxylic acid groups (broad SMARTS) is 1. The van der Waals surface area contributed by atoms with E-state index >= 15 is 0 Å². The van der Waals surface area contributed by atoms with Gasteiger partial charge in [-0.25, -0.2) is 4.98 Å². The number of fused-ring (bicyclic) bond motifs is 1. The van der Waals surface area contributed by atoms with Gasteiger partial charge in [0.1, 0.15) is 17.4 Å². The maximum absolute atomic E-state index is 10.9. The van der Waals surface area contributed by atoms with Crippen LogP contribution in [0, 0.1) is 11.3 Å². The van der Waals surface area contributed by atoms with Gasteiger partial charge < -0.3 is 14.5 Å². The molecule has 3 rings (SSSR count). The summed E-state index contributed by atoms with van der Waals surface area (Å²) in [6, 6.07) is 5.58. The molecule has 0 unspecified atom stereocenters. The van der Waals surface area contributed by atoms with E-state index in [-0.39, 0.29) is 6.54 Å². The highest BCUT2D eigenvalue weighted by Crippen LogP contribution is 2.37. The number of carboxylic acids is 1. The van der Waals surface area contributed by atoms with E-state index in [9.17, 15) is 9.90 Å². The van der Waals surface area contributed by atoms with E-state index in [2.05, 4.69) is 4.98 Å². The zero-order valence-electron chi connectivity index (χ0n) is 11.7. The molecule has 0 aromatic carbocycles. The first-order valence-corrected chi connectivity index (χ1v) is 7.29. The minimum absolute atomic E-state index is 0.231. The normalized spacial score (nSPS) is 16.0. The first-order chi connectivity index (χ1) is 10.2. The number of hydrogen-bond donors (Lipinski definition) is 0. The third-order valence-electron chi connectivity index (χ3n) is 4.21. The van der Waals surface area contributed by atoms with E-state index in [0.717, 1.165) is 23.8 Å². The van der Waals surface area contributed by atoms with Gasteiger partial charge in [-0.1, -0.05) is 19.3 Å². The van der Waals surface area contributed by atoms with Gasteiger partial charge in [0.25, 0.3) is 0 Å². The Bertz CT molecular complexity index is 721. The van der Waals surface area contributed by atoms with Crippen molar-refractivity contribution in [3.63, 3.8) is 0 Å². The van der Waals surface area contributed by atoms with Gasteiger partial charge in [0.2, 0.25) is 0 Å². The first kappa shape index (κ1) is 13.6. The smallest absolute Gasteiger partial charge is 0.142 e. The number of carbonyl (C=O) groups is 1. The number of aromatic nitrogens is 2. The molecule has 2 heterocycles. The second-order valence-electron chi connectivity index (χ2n) is 5.60. The minimum atomic E-state index is -1.15. The van der Waals surface area contributed by atoms with Crippen LogP contribution in [0.4, 0.5) is 0 Å². The van der Waals surface area contributed by atoms with Gasteiger partial charge in [-0.3, -0.25) is 0 Å². The fourth-order valence-electron chi connectivity index (χ4n) is 3.25. The topological polar surface area (TPSA) is 81.7 Å². The average Bonchev–Trinajstić information content (AvgIpc) is 2.85. The van der Waals surface area contributed by atoms with E-state index in [1.807, 2.05) is 18.3 Å². The molecule has 0 atom stereocenters. The Morgan fingerprint density at radius 2 is 2.14 bits per heavy atom. The second-order valence-corrected chi connectivity index (χ2v) is 5.60. The maximum Gasteiger partial charge on any atom is 0.142 e. The van der Waals surface area contributed by atoms with Gasteiger partial charge in [-0.15, -0.1) is 0 Å². The van der Waals surface area contributed by atoms with E-state index in [0.29, 0.717) is 17.3 Å². The minimum Gasteiger partial charge on any atom is -0.548 e. The Morgan fingerprint density at radius 1 is 1.38 bits per heavy atom. The highest BCUT2D eigenvalue weighted by atomic mass is 16.4. The lowest BCUT2D eigenvalue weighted by Gasteiger charge is -2.21. The van der Waals surface area contributed by atoms with Crippen molar-refractivity contribution < 1.29 is 9.90 Å². The monoisotopic (exact) mass is 282 g/mol. The van der Waals surface area contributed by atoms with Crippen molar-refractivity contribution in [2.75, 3.05) is 0 Å². The van der Waals surface area contributed by atoms with Crippen molar-refractivity contribution in [1.82, 2.24) is 9.55 Å². The maximum atomic E-state index is 10.9. The molecule has 5 nitrogen and oxygen atoms in total. The summed E-state index contributed by atoms with van der Waals surface area (Å²) >= 11 is 0. The molecular formula is C16H16N3O2-. The molecule has 0 N–H and O–H groups in total. The van der Waals surface area contributed by atoms with Crippen LogP contribution in [0.2, 0.25) is 0 Å². The van der Waals surface area contributed by atoms with Crippen LogP contribution in [0.1, 0.15) is 49.3 Å². The lowest BCUT2D eigenvalue weighted by molar-refractivity contribution is -0.306. The third-order valence-corrected chi connectivity index (χ3v) is 4.21. The van der Waals surface area contributed by atoms with Crippen LogP contribution in [0.5, 0.6) is 0 Å². The predicted octanol–water partition coefficient (Wildman–Crippen LogP) is 1.71. The van der Waals surface area contributed by atoms with Gasteiger partial charge in [-0.05, 0) is 36.5 Å². The molecule has 0 saturated heterocycles. The highest BCUT2D eigenvalue weighted by molar-refractivity contribution is 5.83. The van der Waals surface area contributed by atoms with Gasteiger partial charge in [-0.2, -0.15) is 5.26 Å². The Hall–Kier alpha value is -2.35. The average molecular weight is 282 g/mol. The van der Waals surface area contributed by atoms with E-state index in [1.165, 1.54) is 19.3 Å². The molecular weight excluding hydrogens is 266 g/mol. The highest BCUT2D eigenvalue weighted by Gasteiger charge is 2.21. The van der Waals surface area contributed by atoms with Gasteiger partial charge in [0.15, 0.2) is 0 Å². The van der Waals surface area contributed by atoms with Crippen molar-refractivity contribution in [3.05, 3.63) is 29.6 Å². The zero-order valence-corrected chi connectivity index (χ0v) is 11.7. The van der Waals surface area contributed by atoms with Gasteiger partial charge in [0.05, 0.1) is 12.5 Å². The summed E-state index contributed by atoms with van der Waals surface area (Å²) in [6.45, 7) is -0.231. The van der Waals surface area contributed by atoms with E-state index in [4.69, 9.17) is 5.26 Å². The van der Waals surface area contributed by atoms with Crippen LogP contribution in [0.3, 0.4) is 0 Å². The Kier molecular flexibility index (Phi) is 3.61. The number of pyridine rings is 1. The van der Waals surface area contributed by atoms with Crippen molar-refractivity contribution in [2.24, 2.45) is 0 Å². The molecule has 1 aliphatic rings. The summed E-state index contributed by atoms with van der Waals surface area (Å²) < 4.78 is 1.59. The molecule has 5 heteroatoms. The molecule has 2 aromatic rings. The SMILES string of the molecule is N#Cc1ccc2c(C3CCCCC3)cn(CC(=O)[O-])c2n1. The molecule has 2 aromatic heterocycles. The molecule has 1 saturated carbocycles. The van der Waals surface area contributed by atoms with Crippen molar-refractivity contribution >= 4 is 17.0 Å². The number of nitrogens with zero attached hydrogens (tertiary/aromatic N) is 3. The van der Waals surface area contributed by atoms with E-state index in [1.54, 1.807) is 10.6 Å². The van der Waals surface area contributed by atoms with Crippen LogP contribution in [0.25, 0.3) is 11.0 Å². The predicted molar refractivity (Wildman–Crippen MR) is 75.3 cm³/mol. The van der Waals surface area contributed by atoms with Gasteiger partial charge >= 0.3 is 0 Å². The molecule has 0 bridgehead atoms. The standard InChI is InChI=1S/C16H17N3O2/c17-8-12-6-7-13-14(11-4-2-1-3-5-11)9-19(10-15(20)21)16(13)18-12/h6-7,9,11H,1-5,10H2,(H,20,21)/p-1. The van der Waals surface area contributed by atoms with Crippen molar-refractivity contribution in [3.8, 4) is 6.07 Å². The quantitative estimate of drug-likeness (QED) is 0.858. The fourth-order valence-corrected chi connectivity index (χ4v) is 3.25. The molecule has 21 heavy (non-hydrogen) atoms. The molecule has 1 fully saturated rings. The molecule has 0 spiro atoms. The number of hydrogen-bond acceptors (Lipinski definition) is 4. The Balaban J connectivity index is 2.11. The Morgan fingerprint density at radius 3 is 2.81 bits per heavy atom. The summed E-state index contributed by atoms with van der Waals surface area (Å²) in [5.74, 6) is -0.690. The van der Waals surface area contributed by atoms with Crippen LogP contribution in [0.15, 0.2) is 18.3 Å². The summed E-state index contributed by atoms with van der Waals surface area (Å²) in [6.07, 6.45) is 7.83. The lowest BCUT2D eigenvalue weighted by Crippen LogP contribution is -2.27. The molecule has 0 aliphatic heterocycles.